The van der Waals surface area contributed by atoms with E-state index in [9.17, 15) is 4.79 Å². The van der Waals surface area contributed by atoms with E-state index in [1.54, 1.807) is 23.3 Å². The Morgan fingerprint density at radius 3 is 2.75 bits per heavy atom. The van der Waals surface area contributed by atoms with Gasteiger partial charge >= 0.3 is 0 Å². The lowest BCUT2D eigenvalue weighted by atomic mass is 9.83. The number of carbonyl (C=O) groups is 1. The molecule has 0 aromatic carbocycles. The lowest BCUT2D eigenvalue weighted by Crippen LogP contribution is -2.48. The van der Waals surface area contributed by atoms with Crippen LogP contribution in [0.1, 0.15) is 30.6 Å². The molecule has 0 unspecified atom stereocenters. The molecule has 1 aliphatic rings. The van der Waals surface area contributed by atoms with Crippen LogP contribution in [0.3, 0.4) is 0 Å². The van der Waals surface area contributed by atoms with Crippen molar-refractivity contribution in [1.29, 1.82) is 0 Å². The molecule has 2 rings (SSSR count). The number of nitrogens with two attached hydrogens (primary N) is 1. The SMILES string of the molecule is CN(Cc1cc(Br)cs1)C(=O)C1(C(N)=NO)CCCC1. The highest BCUT2D eigenvalue weighted by Crippen LogP contribution is 2.40. The second kappa shape index (κ2) is 6.13. The molecule has 110 valence electrons. The van der Waals surface area contributed by atoms with Gasteiger partial charge in [0.15, 0.2) is 5.84 Å². The van der Waals surface area contributed by atoms with Crippen LogP contribution in [0.15, 0.2) is 21.1 Å². The summed E-state index contributed by atoms with van der Waals surface area (Å²) >= 11 is 5.00. The first kappa shape index (κ1) is 15.3. The molecule has 3 N–H and O–H groups in total. The highest BCUT2D eigenvalue weighted by Gasteiger charge is 2.46. The van der Waals surface area contributed by atoms with Crippen molar-refractivity contribution in [1.82, 2.24) is 4.90 Å². The summed E-state index contributed by atoms with van der Waals surface area (Å²) in [7, 11) is 1.76. The highest BCUT2D eigenvalue weighted by molar-refractivity contribution is 9.10. The number of carbonyl (C=O) groups excluding carboxylic acids is 1. The summed E-state index contributed by atoms with van der Waals surface area (Å²) in [6.07, 6.45) is 3.17. The Kier molecular flexibility index (Phi) is 4.70. The van der Waals surface area contributed by atoms with E-state index in [1.165, 1.54) is 0 Å². The zero-order valence-corrected chi connectivity index (χ0v) is 13.7. The summed E-state index contributed by atoms with van der Waals surface area (Å²) in [5.74, 6) is -0.0194. The average molecular weight is 360 g/mol. The Bertz CT molecular complexity index is 523. The van der Waals surface area contributed by atoms with Gasteiger partial charge in [0.1, 0.15) is 5.41 Å². The number of thiophene rings is 1. The van der Waals surface area contributed by atoms with Crippen molar-refractivity contribution in [3.63, 3.8) is 0 Å². The molecular weight excluding hydrogens is 342 g/mol. The Morgan fingerprint density at radius 1 is 1.60 bits per heavy atom. The fraction of sp³-hybridized carbons (Fsp3) is 0.538. The predicted octanol–water partition coefficient (Wildman–Crippen LogP) is 2.78. The zero-order chi connectivity index (χ0) is 14.8. The van der Waals surface area contributed by atoms with Crippen molar-refractivity contribution in [2.45, 2.75) is 32.2 Å². The van der Waals surface area contributed by atoms with E-state index in [1.807, 2.05) is 11.4 Å². The van der Waals surface area contributed by atoms with Crippen LogP contribution in [0.25, 0.3) is 0 Å². The summed E-state index contributed by atoms with van der Waals surface area (Å²) in [4.78, 5) is 15.5. The number of amidine groups is 1. The minimum atomic E-state index is -0.821. The van der Waals surface area contributed by atoms with Crippen LogP contribution in [0.5, 0.6) is 0 Å². The summed E-state index contributed by atoms with van der Waals surface area (Å²) < 4.78 is 1.02. The number of hydrogen-bond acceptors (Lipinski definition) is 4. The van der Waals surface area contributed by atoms with Gasteiger partial charge in [-0.1, -0.05) is 18.0 Å². The number of halogens is 1. The minimum Gasteiger partial charge on any atom is -0.409 e. The molecule has 1 aliphatic carbocycles. The maximum atomic E-state index is 12.7. The molecule has 1 aromatic heterocycles. The van der Waals surface area contributed by atoms with Crippen LogP contribution in [0, 0.1) is 5.41 Å². The molecule has 1 heterocycles. The van der Waals surface area contributed by atoms with Gasteiger partial charge in [0.25, 0.3) is 0 Å². The van der Waals surface area contributed by atoms with Crippen molar-refractivity contribution in [2.75, 3.05) is 7.05 Å². The smallest absolute Gasteiger partial charge is 0.236 e. The maximum Gasteiger partial charge on any atom is 0.236 e. The van der Waals surface area contributed by atoms with E-state index in [0.29, 0.717) is 19.4 Å². The van der Waals surface area contributed by atoms with Crippen molar-refractivity contribution < 1.29 is 10.0 Å². The number of rotatable bonds is 4. The quantitative estimate of drug-likeness (QED) is 0.375. The number of oxime groups is 1. The number of hydrogen-bond donors (Lipinski definition) is 2. The van der Waals surface area contributed by atoms with Gasteiger partial charge in [-0.25, -0.2) is 0 Å². The molecule has 1 aromatic rings. The van der Waals surface area contributed by atoms with Crippen LogP contribution in [0.2, 0.25) is 0 Å². The molecule has 0 bridgehead atoms. The molecule has 0 spiro atoms. The van der Waals surface area contributed by atoms with Crippen LogP contribution >= 0.6 is 27.3 Å². The maximum absolute atomic E-state index is 12.7. The highest BCUT2D eigenvalue weighted by atomic mass is 79.9. The number of nitrogens with zero attached hydrogens (tertiary/aromatic N) is 2. The van der Waals surface area contributed by atoms with Gasteiger partial charge in [-0.15, -0.1) is 11.3 Å². The Balaban J connectivity index is 2.15. The molecule has 5 nitrogen and oxygen atoms in total. The monoisotopic (exact) mass is 359 g/mol. The topological polar surface area (TPSA) is 78.9 Å². The molecule has 1 fully saturated rings. The molecule has 0 atom stereocenters. The fourth-order valence-corrected chi connectivity index (χ4v) is 4.26. The van der Waals surface area contributed by atoms with Crippen molar-refractivity contribution in [3.05, 3.63) is 20.8 Å². The molecule has 1 amide bonds. The van der Waals surface area contributed by atoms with E-state index in [0.717, 1.165) is 22.2 Å². The van der Waals surface area contributed by atoms with Crippen molar-refractivity contribution in [3.8, 4) is 0 Å². The first-order valence-corrected chi connectivity index (χ1v) is 8.13. The Hall–Kier alpha value is -1.08. The van der Waals surface area contributed by atoms with E-state index >= 15 is 0 Å². The summed E-state index contributed by atoms with van der Waals surface area (Å²) in [6.45, 7) is 0.537. The minimum absolute atomic E-state index is 0.0409. The molecule has 0 saturated heterocycles. The van der Waals surface area contributed by atoms with Gasteiger partial charge < -0.3 is 15.8 Å². The third-order valence-electron chi connectivity index (χ3n) is 3.83. The van der Waals surface area contributed by atoms with Gasteiger partial charge in [-0.2, -0.15) is 0 Å². The second-order valence-corrected chi connectivity index (χ2v) is 7.08. The standard InChI is InChI=1S/C13H18BrN3O2S/c1-17(7-10-6-9(14)8-20-10)12(18)13(11(15)16-19)4-2-3-5-13/h6,8,19H,2-5,7H2,1H3,(H2,15,16). The largest absolute Gasteiger partial charge is 0.409 e. The van der Waals surface area contributed by atoms with Crippen LogP contribution in [-0.4, -0.2) is 28.9 Å². The molecule has 0 aliphatic heterocycles. The van der Waals surface area contributed by atoms with Gasteiger partial charge in [-0.05, 0) is 34.8 Å². The van der Waals surface area contributed by atoms with Crippen LogP contribution < -0.4 is 5.73 Å². The first-order chi connectivity index (χ1) is 9.49. The molecule has 20 heavy (non-hydrogen) atoms. The van der Waals surface area contributed by atoms with Gasteiger partial charge in [0.2, 0.25) is 5.91 Å². The van der Waals surface area contributed by atoms with Gasteiger partial charge in [0.05, 0.1) is 6.54 Å². The molecule has 7 heteroatoms. The average Bonchev–Trinajstić information content (AvgIpc) is 3.07. The lowest BCUT2D eigenvalue weighted by molar-refractivity contribution is -0.137. The summed E-state index contributed by atoms with van der Waals surface area (Å²) in [5.41, 5.74) is 4.98. The van der Waals surface area contributed by atoms with Gasteiger partial charge in [0, 0.05) is 21.8 Å². The molecule has 1 saturated carbocycles. The fourth-order valence-electron chi connectivity index (χ4n) is 2.76. The van der Waals surface area contributed by atoms with Gasteiger partial charge in [-0.3, -0.25) is 4.79 Å². The Labute approximate surface area is 130 Å². The van der Waals surface area contributed by atoms with E-state index in [-0.39, 0.29) is 11.7 Å². The molecule has 0 radical (unpaired) electrons. The van der Waals surface area contributed by atoms with E-state index in [2.05, 4.69) is 21.1 Å². The lowest BCUT2D eigenvalue weighted by Gasteiger charge is -2.30. The summed E-state index contributed by atoms with van der Waals surface area (Å²) in [6, 6.07) is 2.00. The first-order valence-electron chi connectivity index (χ1n) is 6.46. The summed E-state index contributed by atoms with van der Waals surface area (Å²) in [5, 5.41) is 14.1. The van der Waals surface area contributed by atoms with E-state index < -0.39 is 5.41 Å². The third-order valence-corrected chi connectivity index (χ3v) is 5.51. The third kappa shape index (κ3) is 2.83. The van der Waals surface area contributed by atoms with E-state index in [4.69, 9.17) is 10.9 Å². The predicted molar refractivity (Wildman–Crippen MR) is 82.8 cm³/mol. The van der Waals surface area contributed by atoms with Crippen LogP contribution in [-0.2, 0) is 11.3 Å². The van der Waals surface area contributed by atoms with Crippen molar-refractivity contribution in [2.24, 2.45) is 16.3 Å². The van der Waals surface area contributed by atoms with Crippen molar-refractivity contribution >= 4 is 39.0 Å². The zero-order valence-electron chi connectivity index (χ0n) is 11.3. The molecular formula is C13H18BrN3O2S. The Morgan fingerprint density at radius 2 is 2.25 bits per heavy atom. The number of amides is 1. The normalized spacial score (nSPS) is 18.2. The second-order valence-electron chi connectivity index (χ2n) is 5.17. The van der Waals surface area contributed by atoms with Crippen LogP contribution in [0.4, 0.5) is 0 Å².